The fourth-order valence-corrected chi connectivity index (χ4v) is 2.80. The Labute approximate surface area is 107 Å². The Hall–Kier alpha value is -2.09. The summed E-state index contributed by atoms with van der Waals surface area (Å²) in [5, 5.41) is 12.3. The zero-order chi connectivity index (χ0) is 12.4. The van der Waals surface area contributed by atoms with Crippen molar-refractivity contribution >= 4 is 5.71 Å². The molecule has 0 atom stereocenters. The Morgan fingerprint density at radius 1 is 0.778 bits per heavy atom. The van der Waals surface area contributed by atoms with Crippen molar-refractivity contribution in [3.8, 4) is 0 Å². The highest BCUT2D eigenvalue weighted by Gasteiger charge is 2.44. The highest BCUT2D eigenvalue weighted by Crippen LogP contribution is 2.47. The van der Waals surface area contributed by atoms with Crippen molar-refractivity contribution in [1.82, 2.24) is 0 Å². The van der Waals surface area contributed by atoms with Gasteiger partial charge < -0.3 is 5.21 Å². The van der Waals surface area contributed by atoms with E-state index in [0.717, 1.165) is 18.6 Å². The van der Waals surface area contributed by atoms with Gasteiger partial charge in [-0.05, 0) is 11.1 Å². The Balaban J connectivity index is 2.07. The Bertz CT molecular complexity index is 511. The van der Waals surface area contributed by atoms with E-state index in [1.165, 1.54) is 11.1 Å². The molecule has 1 aliphatic rings. The second kappa shape index (κ2) is 4.30. The van der Waals surface area contributed by atoms with Crippen LogP contribution in [0.1, 0.15) is 24.0 Å². The molecule has 3 rings (SSSR count). The van der Waals surface area contributed by atoms with Gasteiger partial charge in [-0.15, -0.1) is 0 Å². The summed E-state index contributed by atoms with van der Waals surface area (Å²) in [7, 11) is 0. The molecule has 0 aliphatic heterocycles. The molecule has 2 heteroatoms. The first-order chi connectivity index (χ1) is 8.85. The van der Waals surface area contributed by atoms with E-state index in [2.05, 4.69) is 53.7 Å². The lowest BCUT2D eigenvalue weighted by atomic mass is 9.59. The summed E-state index contributed by atoms with van der Waals surface area (Å²) in [5.41, 5.74) is 3.46. The van der Waals surface area contributed by atoms with Gasteiger partial charge in [0.25, 0.3) is 0 Å². The molecule has 90 valence electrons. The Morgan fingerprint density at radius 2 is 1.22 bits per heavy atom. The van der Waals surface area contributed by atoms with Crippen LogP contribution in [0, 0.1) is 0 Å². The van der Waals surface area contributed by atoms with Crippen LogP contribution in [-0.4, -0.2) is 10.9 Å². The van der Waals surface area contributed by atoms with Gasteiger partial charge in [-0.2, -0.15) is 0 Å². The van der Waals surface area contributed by atoms with Crippen LogP contribution in [0.15, 0.2) is 65.8 Å². The van der Waals surface area contributed by atoms with Gasteiger partial charge in [0.2, 0.25) is 0 Å². The molecule has 1 aliphatic carbocycles. The minimum atomic E-state index is -0.00984. The molecule has 1 N–H and O–H groups in total. The summed E-state index contributed by atoms with van der Waals surface area (Å²) in [6.07, 6.45) is 1.61. The summed E-state index contributed by atoms with van der Waals surface area (Å²) in [4.78, 5) is 0. The molecule has 0 unspecified atom stereocenters. The number of benzene rings is 2. The SMILES string of the molecule is ON=C1CC(c2ccccc2)(c2ccccc2)C1. The molecule has 1 fully saturated rings. The van der Waals surface area contributed by atoms with E-state index >= 15 is 0 Å². The summed E-state index contributed by atoms with van der Waals surface area (Å²) < 4.78 is 0. The van der Waals surface area contributed by atoms with Crippen molar-refractivity contribution in [3.05, 3.63) is 71.8 Å². The molecular weight excluding hydrogens is 222 g/mol. The average Bonchev–Trinajstić information content (AvgIpc) is 2.41. The second-order valence-electron chi connectivity index (χ2n) is 4.83. The highest BCUT2D eigenvalue weighted by atomic mass is 16.4. The molecule has 2 nitrogen and oxygen atoms in total. The largest absolute Gasteiger partial charge is 0.411 e. The van der Waals surface area contributed by atoms with Crippen LogP contribution in [0.2, 0.25) is 0 Å². The molecule has 0 heterocycles. The van der Waals surface area contributed by atoms with Crippen LogP contribution in [0.4, 0.5) is 0 Å². The Kier molecular flexibility index (Phi) is 2.63. The molecule has 0 amide bonds. The highest BCUT2D eigenvalue weighted by molar-refractivity contribution is 5.94. The maximum atomic E-state index is 8.90. The fraction of sp³-hybridized carbons (Fsp3) is 0.188. The third-order valence-corrected chi connectivity index (χ3v) is 3.81. The van der Waals surface area contributed by atoms with Gasteiger partial charge in [0.15, 0.2) is 0 Å². The van der Waals surface area contributed by atoms with Crippen molar-refractivity contribution in [1.29, 1.82) is 0 Å². The van der Waals surface area contributed by atoms with Crippen molar-refractivity contribution in [2.24, 2.45) is 5.16 Å². The minimum absolute atomic E-state index is 0.00984. The standard InChI is InChI=1S/C16H15NO/c18-17-15-11-16(12-15,13-7-3-1-4-8-13)14-9-5-2-6-10-14/h1-10,18H,11-12H2. The molecule has 18 heavy (non-hydrogen) atoms. The molecule has 2 aromatic rings. The van der Waals surface area contributed by atoms with Gasteiger partial charge in [0.1, 0.15) is 0 Å². The topological polar surface area (TPSA) is 32.6 Å². The van der Waals surface area contributed by atoms with Gasteiger partial charge in [0.05, 0.1) is 5.71 Å². The van der Waals surface area contributed by atoms with Crippen molar-refractivity contribution in [3.63, 3.8) is 0 Å². The number of hydrogen-bond donors (Lipinski definition) is 1. The van der Waals surface area contributed by atoms with Gasteiger partial charge >= 0.3 is 0 Å². The second-order valence-corrected chi connectivity index (χ2v) is 4.83. The first-order valence-corrected chi connectivity index (χ1v) is 6.16. The molecule has 0 bridgehead atoms. The third-order valence-electron chi connectivity index (χ3n) is 3.81. The minimum Gasteiger partial charge on any atom is -0.411 e. The van der Waals surface area contributed by atoms with E-state index in [1.807, 2.05) is 12.1 Å². The lowest BCUT2D eigenvalue weighted by Crippen LogP contribution is -2.42. The zero-order valence-corrected chi connectivity index (χ0v) is 10.1. The predicted octanol–water partition coefficient (Wildman–Crippen LogP) is 3.60. The van der Waals surface area contributed by atoms with Crippen LogP contribution in [0.25, 0.3) is 0 Å². The maximum absolute atomic E-state index is 8.90. The van der Waals surface area contributed by atoms with Crippen LogP contribution in [0.3, 0.4) is 0 Å². The summed E-state index contributed by atoms with van der Waals surface area (Å²) >= 11 is 0. The van der Waals surface area contributed by atoms with E-state index in [1.54, 1.807) is 0 Å². The molecule has 0 radical (unpaired) electrons. The molecule has 2 aromatic carbocycles. The molecule has 0 saturated heterocycles. The average molecular weight is 237 g/mol. The van der Waals surface area contributed by atoms with Crippen LogP contribution >= 0.6 is 0 Å². The van der Waals surface area contributed by atoms with E-state index < -0.39 is 0 Å². The lowest BCUT2D eigenvalue weighted by molar-refractivity contribution is 0.304. The van der Waals surface area contributed by atoms with Crippen molar-refractivity contribution < 1.29 is 5.21 Å². The van der Waals surface area contributed by atoms with Crippen LogP contribution in [-0.2, 0) is 5.41 Å². The number of rotatable bonds is 2. The van der Waals surface area contributed by atoms with Gasteiger partial charge in [-0.3, -0.25) is 0 Å². The molecular formula is C16H15NO. The zero-order valence-electron chi connectivity index (χ0n) is 10.1. The molecule has 0 spiro atoms. The van der Waals surface area contributed by atoms with E-state index in [0.29, 0.717) is 0 Å². The summed E-state index contributed by atoms with van der Waals surface area (Å²) in [6, 6.07) is 20.9. The number of hydrogen-bond acceptors (Lipinski definition) is 2. The smallest absolute Gasteiger partial charge is 0.0595 e. The van der Waals surface area contributed by atoms with E-state index in [4.69, 9.17) is 5.21 Å². The van der Waals surface area contributed by atoms with Gasteiger partial charge in [-0.1, -0.05) is 65.8 Å². The van der Waals surface area contributed by atoms with Crippen LogP contribution < -0.4 is 0 Å². The lowest BCUT2D eigenvalue weighted by Gasteiger charge is -2.43. The van der Waals surface area contributed by atoms with Crippen molar-refractivity contribution in [2.45, 2.75) is 18.3 Å². The monoisotopic (exact) mass is 237 g/mol. The molecule has 0 aromatic heterocycles. The maximum Gasteiger partial charge on any atom is 0.0595 e. The first kappa shape index (κ1) is 11.0. The van der Waals surface area contributed by atoms with Gasteiger partial charge in [0, 0.05) is 18.3 Å². The normalized spacial score (nSPS) is 17.0. The molecule has 1 saturated carbocycles. The van der Waals surface area contributed by atoms with Gasteiger partial charge in [-0.25, -0.2) is 0 Å². The summed E-state index contributed by atoms with van der Waals surface area (Å²) in [5.74, 6) is 0. The van der Waals surface area contributed by atoms with Crippen molar-refractivity contribution in [2.75, 3.05) is 0 Å². The first-order valence-electron chi connectivity index (χ1n) is 6.16. The third kappa shape index (κ3) is 1.61. The van der Waals surface area contributed by atoms with E-state index in [9.17, 15) is 0 Å². The fourth-order valence-electron chi connectivity index (χ4n) is 2.80. The predicted molar refractivity (Wildman–Crippen MR) is 72.1 cm³/mol. The number of oxime groups is 1. The Morgan fingerprint density at radius 3 is 1.61 bits per heavy atom. The quantitative estimate of drug-likeness (QED) is 0.628. The van der Waals surface area contributed by atoms with E-state index in [-0.39, 0.29) is 5.41 Å². The summed E-state index contributed by atoms with van der Waals surface area (Å²) in [6.45, 7) is 0. The number of nitrogens with zero attached hydrogens (tertiary/aromatic N) is 1. The van der Waals surface area contributed by atoms with Crippen LogP contribution in [0.5, 0.6) is 0 Å².